The van der Waals surface area contributed by atoms with Gasteiger partial charge >= 0.3 is 0 Å². The van der Waals surface area contributed by atoms with Crippen LogP contribution in [0.15, 0.2) is 41.8 Å². The zero-order valence-corrected chi connectivity index (χ0v) is 24.0. The van der Waals surface area contributed by atoms with Gasteiger partial charge in [0.15, 0.2) is 11.2 Å². The molecule has 2 saturated heterocycles. The topological polar surface area (TPSA) is 102 Å². The number of nitrogens with zero attached hydrogens (tertiary/aromatic N) is 5. The van der Waals surface area contributed by atoms with Crippen molar-refractivity contribution in [3.63, 3.8) is 0 Å². The number of thiazole rings is 1. The molecule has 6 rings (SSSR count). The lowest BCUT2D eigenvalue weighted by atomic mass is 9.87. The molecule has 2 aliphatic heterocycles. The Morgan fingerprint density at radius 3 is 2.73 bits per heavy atom. The molecule has 3 aliphatic rings. The number of morpholine rings is 1. The lowest BCUT2D eigenvalue weighted by Gasteiger charge is -2.35. The number of fused-ring (bicyclic) bond motifs is 2. The molecule has 3 fully saturated rings. The molecule has 2 aromatic carbocycles. The van der Waals surface area contributed by atoms with Crippen molar-refractivity contribution >= 4 is 22.8 Å². The van der Waals surface area contributed by atoms with E-state index in [1.54, 1.807) is 11.3 Å². The third kappa shape index (κ3) is 5.85. The quantitative estimate of drug-likeness (QED) is 0.352. The summed E-state index contributed by atoms with van der Waals surface area (Å²) in [4.78, 5) is 21.1. The van der Waals surface area contributed by atoms with Gasteiger partial charge in [0.25, 0.3) is 0 Å². The number of ether oxygens (including phenoxy) is 2. The standard InChI is InChI=1S/C32H33N5O3S/c1-21-2-7-31(28(10-21)30-20-41-32(35-30)37-15-23-5-6-24(16-37)29(23)18-38)40-19-25-4-3-22(11-26(25)12-33)14-36-8-9-39-27(13-34)17-36/h2-4,7,10-11,18,20,23-24,27,29H,5-6,8-9,14-17,19H2,1H3/t23-,24+,27?,29?. The second-order valence-corrected chi connectivity index (χ2v) is 12.2. The van der Waals surface area contributed by atoms with Gasteiger partial charge < -0.3 is 19.2 Å². The Morgan fingerprint density at radius 2 is 1.98 bits per heavy atom. The molecular weight excluding hydrogens is 534 g/mol. The fourth-order valence-corrected chi connectivity index (χ4v) is 7.28. The molecule has 8 nitrogen and oxygen atoms in total. The van der Waals surface area contributed by atoms with Gasteiger partial charge in [0, 0.05) is 55.1 Å². The maximum absolute atomic E-state index is 11.6. The Labute approximate surface area is 244 Å². The smallest absolute Gasteiger partial charge is 0.185 e. The van der Waals surface area contributed by atoms with E-state index in [2.05, 4.69) is 40.3 Å². The summed E-state index contributed by atoms with van der Waals surface area (Å²) in [5, 5.41) is 22.1. The minimum atomic E-state index is -0.408. The van der Waals surface area contributed by atoms with Crippen LogP contribution in [0.25, 0.3) is 11.3 Å². The molecule has 2 bridgehead atoms. The molecule has 1 saturated carbocycles. The average molecular weight is 568 g/mol. The largest absolute Gasteiger partial charge is 0.488 e. The number of nitriles is 2. The number of hydrogen-bond donors (Lipinski definition) is 0. The van der Waals surface area contributed by atoms with Crippen LogP contribution in [0.2, 0.25) is 0 Å². The summed E-state index contributed by atoms with van der Waals surface area (Å²) in [5.74, 6) is 1.79. The maximum Gasteiger partial charge on any atom is 0.185 e. The molecule has 4 atom stereocenters. The van der Waals surface area contributed by atoms with E-state index in [0.717, 1.165) is 71.3 Å². The van der Waals surface area contributed by atoms with E-state index >= 15 is 0 Å². The number of aryl methyl sites for hydroxylation is 1. The van der Waals surface area contributed by atoms with Crippen molar-refractivity contribution in [3.8, 4) is 29.1 Å². The highest BCUT2D eigenvalue weighted by Gasteiger charge is 2.42. The number of aldehydes is 1. The van der Waals surface area contributed by atoms with Crippen LogP contribution in [0.5, 0.6) is 5.75 Å². The summed E-state index contributed by atoms with van der Waals surface area (Å²) in [6.07, 6.45) is 3.01. The predicted octanol–water partition coefficient (Wildman–Crippen LogP) is 4.95. The van der Waals surface area contributed by atoms with E-state index in [1.807, 2.05) is 30.3 Å². The van der Waals surface area contributed by atoms with Crippen LogP contribution in [0.1, 0.15) is 35.1 Å². The van der Waals surface area contributed by atoms with E-state index in [9.17, 15) is 15.3 Å². The SMILES string of the molecule is Cc1ccc(OCc2ccc(CN3CCOC(C#N)C3)cc2C#N)c(-c2csc(N3C[C@H]4CC[C@@H](C3)C4C=O)n2)c1. The highest BCUT2D eigenvalue weighted by atomic mass is 32.1. The van der Waals surface area contributed by atoms with Crippen LogP contribution < -0.4 is 9.64 Å². The molecular formula is C32H33N5O3S. The van der Waals surface area contributed by atoms with Gasteiger partial charge in [-0.3, -0.25) is 4.90 Å². The van der Waals surface area contributed by atoms with Crippen molar-refractivity contribution in [1.29, 1.82) is 10.5 Å². The van der Waals surface area contributed by atoms with E-state index in [-0.39, 0.29) is 12.5 Å². The van der Waals surface area contributed by atoms with Gasteiger partial charge in [0.1, 0.15) is 18.6 Å². The number of piperidine rings is 1. The summed E-state index contributed by atoms with van der Waals surface area (Å²) >= 11 is 1.64. The molecule has 3 aromatic rings. The monoisotopic (exact) mass is 567 g/mol. The number of carbonyl (C=O) groups excluding carboxylic acids is 1. The van der Waals surface area contributed by atoms with Gasteiger partial charge in [-0.15, -0.1) is 11.3 Å². The van der Waals surface area contributed by atoms with Gasteiger partial charge in [0.05, 0.1) is 30.0 Å². The van der Waals surface area contributed by atoms with Crippen molar-refractivity contribution < 1.29 is 14.3 Å². The first-order valence-electron chi connectivity index (χ1n) is 14.2. The Bertz CT molecular complexity index is 1490. The number of hydrogen-bond acceptors (Lipinski definition) is 9. The van der Waals surface area contributed by atoms with Gasteiger partial charge in [0.2, 0.25) is 0 Å². The third-order valence-electron chi connectivity index (χ3n) is 8.62. The summed E-state index contributed by atoms with van der Waals surface area (Å²) in [7, 11) is 0. The average Bonchev–Trinajstić information content (AvgIpc) is 3.58. The molecule has 2 unspecified atom stereocenters. The number of anilines is 1. The second kappa shape index (κ2) is 12.0. The number of rotatable bonds is 8. The van der Waals surface area contributed by atoms with E-state index < -0.39 is 6.10 Å². The number of aromatic nitrogens is 1. The first-order valence-corrected chi connectivity index (χ1v) is 15.1. The van der Waals surface area contributed by atoms with Crippen LogP contribution in [-0.2, 0) is 22.7 Å². The Morgan fingerprint density at radius 1 is 1.15 bits per heavy atom. The third-order valence-corrected chi connectivity index (χ3v) is 9.52. The molecule has 41 heavy (non-hydrogen) atoms. The van der Waals surface area contributed by atoms with Gasteiger partial charge in [-0.05, 0) is 55.4 Å². The zero-order chi connectivity index (χ0) is 28.3. The number of carbonyl (C=O) groups is 1. The number of benzene rings is 2. The zero-order valence-electron chi connectivity index (χ0n) is 23.2. The molecule has 0 amide bonds. The fourth-order valence-electron chi connectivity index (χ4n) is 6.44. The molecule has 0 radical (unpaired) electrons. The summed E-state index contributed by atoms with van der Waals surface area (Å²) in [6, 6.07) is 16.5. The minimum absolute atomic E-state index is 0.199. The molecule has 3 heterocycles. The highest BCUT2D eigenvalue weighted by Crippen LogP contribution is 2.43. The van der Waals surface area contributed by atoms with E-state index in [1.165, 1.54) is 6.29 Å². The molecule has 0 spiro atoms. The van der Waals surface area contributed by atoms with Gasteiger partial charge in [-0.2, -0.15) is 10.5 Å². The van der Waals surface area contributed by atoms with Crippen molar-refractivity contribution in [3.05, 3.63) is 64.0 Å². The lowest BCUT2D eigenvalue weighted by Crippen LogP contribution is -2.42. The van der Waals surface area contributed by atoms with Gasteiger partial charge in [-0.25, -0.2) is 4.98 Å². The van der Waals surface area contributed by atoms with E-state index in [0.29, 0.717) is 37.1 Å². The first kappa shape index (κ1) is 27.4. The highest BCUT2D eigenvalue weighted by molar-refractivity contribution is 7.14. The maximum atomic E-state index is 11.6. The molecule has 1 aromatic heterocycles. The Balaban J connectivity index is 1.16. The molecule has 9 heteroatoms. The molecule has 210 valence electrons. The van der Waals surface area contributed by atoms with Crippen molar-refractivity contribution in [2.45, 2.75) is 39.0 Å². The van der Waals surface area contributed by atoms with Crippen molar-refractivity contribution in [1.82, 2.24) is 9.88 Å². The van der Waals surface area contributed by atoms with Crippen LogP contribution in [0, 0.1) is 47.3 Å². The Hall–Kier alpha value is -3.76. The summed E-state index contributed by atoms with van der Waals surface area (Å²) in [6.45, 7) is 6.64. The molecule has 0 N–H and O–H groups in total. The molecule has 1 aliphatic carbocycles. The van der Waals surface area contributed by atoms with Crippen molar-refractivity contribution in [2.75, 3.05) is 37.7 Å². The normalized spacial score (nSPS) is 24.0. The van der Waals surface area contributed by atoms with E-state index in [4.69, 9.17) is 14.5 Å². The van der Waals surface area contributed by atoms with Crippen LogP contribution in [0.3, 0.4) is 0 Å². The van der Waals surface area contributed by atoms with Crippen LogP contribution in [-0.4, -0.2) is 55.1 Å². The second-order valence-electron chi connectivity index (χ2n) is 11.3. The van der Waals surface area contributed by atoms with Gasteiger partial charge in [-0.1, -0.05) is 23.8 Å². The lowest BCUT2D eigenvalue weighted by molar-refractivity contribution is -0.113. The first-order chi connectivity index (χ1) is 20.0. The van der Waals surface area contributed by atoms with Crippen LogP contribution in [0.4, 0.5) is 5.13 Å². The summed E-state index contributed by atoms with van der Waals surface area (Å²) in [5.41, 5.74) is 5.38. The van der Waals surface area contributed by atoms with Crippen molar-refractivity contribution in [2.24, 2.45) is 17.8 Å². The Kier molecular flexibility index (Phi) is 8.02. The van der Waals surface area contributed by atoms with Crippen LogP contribution >= 0.6 is 11.3 Å². The summed E-state index contributed by atoms with van der Waals surface area (Å²) < 4.78 is 11.8. The minimum Gasteiger partial charge on any atom is -0.488 e. The predicted molar refractivity (Wildman–Crippen MR) is 156 cm³/mol. The fraction of sp³-hybridized carbons (Fsp3) is 0.438.